The van der Waals surface area contributed by atoms with Crippen LogP contribution in [0.2, 0.25) is 0 Å². The van der Waals surface area contributed by atoms with Crippen molar-refractivity contribution in [2.24, 2.45) is 0 Å². The number of aliphatic carboxylic acids is 1. The van der Waals surface area contributed by atoms with Gasteiger partial charge in [0, 0.05) is 19.3 Å². The van der Waals surface area contributed by atoms with Crippen molar-refractivity contribution in [1.29, 1.82) is 0 Å². The molecular weight excluding hydrogens is 1320 g/mol. The minimum atomic E-state index is -5.56. The molecule has 0 saturated carbocycles. The molecule has 0 spiro atoms. The summed E-state index contributed by atoms with van der Waals surface area (Å²) in [5.41, 5.74) is 0. The molecular formula is C80H149N2O19P. The number of carbonyl (C=O) groups is 7. The first-order valence-electron chi connectivity index (χ1n) is 41.6. The lowest BCUT2D eigenvalue weighted by atomic mass is 9.95. The molecule has 1 rings (SSSR count). The largest absolute Gasteiger partial charge is 0.480 e. The third kappa shape index (κ3) is 54.0. The van der Waals surface area contributed by atoms with Gasteiger partial charge in [-0.2, -0.15) is 0 Å². The molecule has 0 aromatic heterocycles. The lowest BCUT2D eigenvalue weighted by Crippen LogP contribution is -2.66. The Hall–Kier alpha value is -3.72. The van der Waals surface area contributed by atoms with Gasteiger partial charge < -0.3 is 59.1 Å². The van der Waals surface area contributed by atoms with Crippen LogP contribution in [-0.4, -0.2) is 130 Å². The van der Waals surface area contributed by atoms with E-state index < -0.39 is 131 Å². The van der Waals surface area contributed by atoms with E-state index in [-0.39, 0.29) is 32.1 Å². The Morgan fingerprint density at radius 3 is 1.02 bits per heavy atom. The number of phosphoric ester groups is 1. The van der Waals surface area contributed by atoms with Gasteiger partial charge in [0.05, 0.1) is 32.5 Å². The standard InChI is InChI=1S/C80H149N2O19P/c1-7-13-19-25-31-34-40-43-49-55-66(97-73(87)58-52-46-37-29-23-17-11-5)61-71(85)82-76-78(100-75(89)62-67(56-50-44-41-35-32-26-20-14-8-2)98-74(88)59-53-47-38-30-24-18-12-6)77(101-102(92,93)94)69(63-83)99-80(76)95-64-68(79(90)91)81-70(84)60-65(54-48-42-39-33-27-21-15-9-3)96-72(86)57-51-45-36-28-22-16-10-4/h65-69,76-78,80,83H,7-64H2,1-6H3,(H,81,84)(H,82,85)(H,90,91)(H2,92,93,94)/t65-,66-,67-,68-,69?,76?,77-,78-,80-/m1/s1. The number of nitrogens with one attached hydrogen (secondary N) is 2. The van der Waals surface area contributed by atoms with Crippen molar-refractivity contribution in [3.05, 3.63) is 0 Å². The molecule has 0 radical (unpaired) electrons. The number of aliphatic hydroxyl groups excluding tert-OH is 1. The van der Waals surface area contributed by atoms with Gasteiger partial charge in [0.2, 0.25) is 11.8 Å². The minimum absolute atomic E-state index is 0.125. The van der Waals surface area contributed by atoms with Crippen LogP contribution in [0.4, 0.5) is 0 Å². The van der Waals surface area contributed by atoms with Gasteiger partial charge in [-0.05, 0) is 57.8 Å². The number of aliphatic hydroxyl groups is 1. The molecule has 6 N–H and O–H groups in total. The second kappa shape index (κ2) is 65.6. The maximum Gasteiger partial charge on any atom is 0.470 e. The molecule has 2 unspecified atom stereocenters. The number of rotatable bonds is 72. The number of ether oxygens (including phenoxy) is 6. The Morgan fingerprint density at radius 2 is 0.706 bits per heavy atom. The van der Waals surface area contributed by atoms with Crippen molar-refractivity contribution in [3.8, 4) is 0 Å². The van der Waals surface area contributed by atoms with Crippen molar-refractivity contribution in [3.63, 3.8) is 0 Å². The van der Waals surface area contributed by atoms with E-state index in [0.29, 0.717) is 51.4 Å². The summed E-state index contributed by atoms with van der Waals surface area (Å²) in [6.07, 6.45) is 36.8. The Kier molecular flexibility index (Phi) is 61.9. The number of unbranched alkanes of at least 4 members (excludes halogenated alkanes) is 41. The molecule has 9 atom stereocenters. The Balaban J connectivity index is 3.86. The van der Waals surface area contributed by atoms with Crippen molar-refractivity contribution in [2.75, 3.05) is 13.2 Å². The summed E-state index contributed by atoms with van der Waals surface area (Å²) >= 11 is 0. The number of hydrogen-bond acceptors (Lipinski definition) is 16. The van der Waals surface area contributed by atoms with Crippen LogP contribution in [0.1, 0.15) is 401 Å². The van der Waals surface area contributed by atoms with Crippen LogP contribution in [0.3, 0.4) is 0 Å². The molecule has 1 fully saturated rings. The lowest BCUT2D eigenvalue weighted by Gasteiger charge is -2.45. The van der Waals surface area contributed by atoms with E-state index in [1.165, 1.54) is 32.1 Å². The van der Waals surface area contributed by atoms with Gasteiger partial charge in [0.15, 0.2) is 18.4 Å². The summed E-state index contributed by atoms with van der Waals surface area (Å²) in [7, 11) is -5.56. The summed E-state index contributed by atoms with van der Waals surface area (Å²) in [6, 6.07) is -3.60. The highest BCUT2D eigenvalue weighted by Gasteiger charge is 2.52. The van der Waals surface area contributed by atoms with Gasteiger partial charge in [-0.25, -0.2) is 9.36 Å². The van der Waals surface area contributed by atoms with Gasteiger partial charge in [0.25, 0.3) is 0 Å². The third-order valence-electron chi connectivity index (χ3n) is 19.4. The predicted octanol–water partition coefficient (Wildman–Crippen LogP) is 18.9. The monoisotopic (exact) mass is 1470 g/mol. The van der Waals surface area contributed by atoms with Gasteiger partial charge in [0.1, 0.15) is 36.6 Å². The zero-order valence-electron chi connectivity index (χ0n) is 65.1. The highest BCUT2D eigenvalue weighted by Crippen LogP contribution is 2.42. The molecule has 1 saturated heterocycles. The van der Waals surface area contributed by atoms with E-state index in [1.54, 1.807) is 0 Å². The van der Waals surface area contributed by atoms with E-state index >= 15 is 0 Å². The molecule has 598 valence electrons. The Morgan fingerprint density at radius 1 is 0.402 bits per heavy atom. The van der Waals surface area contributed by atoms with Crippen LogP contribution in [0.5, 0.6) is 0 Å². The minimum Gasteiger partial charge on any atom is -0.480 e. The van der Waals surface area contributed by atoms with E-state index in [9.17, 15) is 58.1 Å². The van der Waals surface area contributed by atoms with Gasteiger partial charge in [-0.1, -0.05) is 305 Å². The summed E-state index contributed by atoms with van der Waals surface area (Å²) < 4.78 is 54.8. The van der Waals surface area contributed by atoms with Crippen LogP contribution >= 0.6 is 7.82 Å². The number of carboxylic acid groups (broad SMARTS) is 1. The van der Waals surface area contributed by atoms with Crippen LogP contribution in [0, 0.1) is 0 Å². The normalized spacial score (nSPS) is 17.3. The summed E-state index contributed by atoms with van der Waals surface area (Å²) in [6.45, 7) is 11.1. The van der Waals surface area contributed by atoms with Crippen molar-refractivity contribution >= 4 is 49.5 Å². The molecule has 22 heteroatoms. The second-order valence-electron chi connectivity index (χ2n) is 29.2. The Bertz CT molecular complexity index is 2150. The molecule has 102 heavy (non-hydrogen) atoms. The van der Waals surface area contributed by atoms with Gasteiger partial charge in [-0.15, -0.1) is 0 Å². The fourth-order valence-corrected chi connectivity index (χ4v) is 13.9. The number of amides is 2. The number of carbonyl (C=O) groups excluding carboxylic acids is 6. The zero-order valence-corrected chi connectivity index (χ0v) is 66.0. The second-order valence-corrected chi connectivity index (χ2v) is 30.4. The molecule has 1 aliphatic heterocycles. The number of phosphoric acid groups is 1. The quantitative estimate of drug-likeness (QED) is 0.0143. The first-order chi connectivity index (χ1) is 49.3. The SMILES string of the molecule is CCCCCCCCCCC[C@H](CC(=O)NC1[C@H](OC[C@@H](NC(=O)C[C@@H](CCCCCCCCCC)OC(=O)CCCCCCCCC)C(=O)O)OC(CO)[C@@H](OP(=O)(O)O)[C@@H]1OC(=O)C[C@@H](CCCCCCCCCCC)OC(=O)CCCCCCCCC)OC(=O)CCCCCCCCC. The Labute approximate surface area is 617 Å². The first kappa shape index (κ1) is 96.3. The summed E-state index contributed by atoms with van der Waals surface area (Å²) in [5.74, 6) is -5.54. The molecule has 0 aliphatic carbocycles. The van der Waals surface area contributed by atoms with Crippen LogP contribution in [0.15, 0.2) is 0 Å². The van der Waals surface area contributed by atoms with E-state index in [2.05, 4.69) is 52.2 Å². The highest BCUT2D eigenvalue weighted by atomic mass is 31.2. The predicted molar refractivity (Wildman–Crippen MR) is 402 cm³/mol. The molecule has 1 aliphatic rings. The fourth-order valence-electron chi connectivity index (χ4n) is 13.3. The van der Waals surface area contributed by atoms with Crippen molar-refractivity contribution in [2.45, 2.75) is 456 Å². The smallest absolute Gasteiger partial charge is 0.470 e. The van der Waals surface area contributed by atoms with E-state index in [4.69, 9.17) is 32.9 Å². The summed E-state index contributed by atoms with van der Waals surface area (Å²) in [5, 5.41) is 26.9. The average molecular weight is 1470 g/mol. The topological polar surface area (TPSA) is 306 Å². The highest BCUT2D eigenvalue weighted by molar-refractivity contribution is 7.46. The van der Waals surface area contributed by atoms with E-state index in [1.807, 2.05) is 0 Å². The third-order valence-corrected chi connectivity index (χ3v) is 20.0. The van der Waals surface area contributed by atoms with Crippen LogP contribution < -0.4 is 10.6 Å². The zero-order chi connectivity index (χ0) is 75.1. The fraction of sp³-hybridized carbons (Fsp3) is 0.912. The van der Waals surface area contributed by atoms with Crippen molar-refractivity contribution < 1.29 is 91.1 Å². The van der Waals surface area contributed by atoms with Gasteiger partial charge in [-0.3, -0.25) is 33.3 Å². The molecule has 0 bridgehead atoms. The number of hydrogen-bond donors (Lipinski definition) is 6. The first-order valence-corrected chi connectivity index (χ1v) is 43.1. The van der Waals surface area contributed by atoms with Gasteiger partial charge >= 0.3 is 37.7 Å². The van der Waals surface area contributed by atoms with E-state index in [0.717, 1.165) is 231 Å². The number of esters is 4. The molecule has 2 amide bonds. The lowest BCUT2D eigenvalue weighted by molar-refractivity contribution is -0.272. The number of carboxylic acids is 1. The molecule has 0 aromatic rings. The summed E-state index contributed by atoms with van der Waals surface area (Å²) in [4.78, 5) is 118. The molecule has 0 aromatic carbocycles. The molecule has 21 nitrogen and oxygen atoms in total. The van der Waals surface area contributed by atoms with Crippen molar-refractivity contribution in [1.82, 2.24) is 10.6 Å². The van der Waals surface area contributed by atoms with Crippen LogP contribution in [0.25, 0.3) is 0 Å². The maximum atomic E-state index is 14.8. The van der Waals surface area contributed by atoms with Crippen LogP contribution in [-0.2, 0) is 71.1 Å². The maximum absolute atomic E-state index is 14.8. The molecule has 1 heterocycles. The average Bonchev–Trinajstić information content (AvgIpc) is 0.781.